The molecule has 2 N–H and O–H groups in total. The molecule has 1 heterocycles. The summed E-state index contributed by atoms with van der Waals surface area (Å²) in [5.74, 6) is 0.440. The fraction of sp³-hybridized carbons (Fsp3) is 0.900. The van der Waals surface area contributed by atoms with Gasteiger partial charge in [0.25, 0.3) is 0 Å². The van der Waals surface area contributed by atoms with E-state index in [9.17, 15) is 4.79 Å². The van der Waals surface area contributed by atoms with Crippen molar-refractivity contribution in [3.05, 3.63) is 0 Å². The van der Waals surface area contributed by atoms with Gasteiger partial charge >= 0.3 is 0 Å². The van der Waals surface area contributed by atoms with E-state index in [4.69, 9.17) is 0 Å². The number of amides is 1. The lowest BCUT2D eigenvalue weighted by atomic mass is 10.0. The van der Waals surface area contributed by atoms with Crippen molar-refractivity contribution in [1.29, 1.82) is 0 Å². The molecule has 3 nitrogen and oxygen atoms in total. The third-order valence-corrected chi connectivity index (χ3v) is 2.47. The zero-order valence-corrected chi connectivity index (χ0v) is 8.44. The summed E-state index contributed by atoms with van der Waals surface area (Å²) in [5.41, 5.74) is 0. The van der Waals surface area contributed by atoms with Crippen LogP contribution in [-0.4, -0.2) is 25.5 Å². The fourth-order valence-corrected chi connectivity index (χ4v) is 1.65. The Hall–Kier alpha value is -0.570. The van der Waals surface area contributed by atoms with Crippen LogP contribution in [0.25, 0.3) is 0 Å². The Labute approximate surface area is 80.3 Å². The van der Waals surface area contributed by atoms with Crippen LogP contribution in [0.5, 0.6) is 0 Å². The lowest BCUT2D eigenvalue weighted by Crippen LogP contribution is -2.35. The zero-order chi connectivity index (χ0) is 9.52. The second-order valence-corrected chi connectivity index (χ2v) is 3.69. The standard InChI is InChI=1S/C10H20N2O/c1-2-6-11-8-9-5-3-4-7-12-10(9)13/h9,11H,2-8H2,1H3,(H,12,13). The number of carbonyl (C=O) groups is 1. The first-order valence-electron chi connectivity index (χ1n) is 5.33. The van der Waals surface area contributed by atoms with Crippen LogP contribution in [-0.2, 0) is 4.79 Å². The predicted molar refractivity (Wildman–Crippen MR) is 53.5 cm³/mol. The van der Waals surface area contributed by atoms with E-state index in [0.29, 0.717) is 0 Å². The normalized spacial score (nSPS) is 23.8. The monoisotopic (exact) mass is 184 g/mol. The van der Waals surface area contributed by atoms with Gasteiger partial charge in [0.2, 0.25) is 5.91 Å². The van der Waals surface area contributed by atoms with Gasteiger partial charge in [0.05, 0.1) is 5.92 Å². The zero-order valence-electron chi connectivity index (χ0n) is 8.44. The Balaban J connectivity index is 2.24. The molecule has 0 radical (unpaired) electrons. The van der Waals surface area contributed by atoms with Crippen LogP contribution in [0.15, 0.2) is 0 Å². The SMILES string of the molecule is CCCNCC1CCCCNC1=O. The molecule has 1 amide bonds. The van der Waals surface area contributed by atoms with Crippen LogP contribution in [0.1, 0.15) is 32.6 Å². The van der Waals surface area contributed by atoms with Crippen LogP contribution in [0.3, 0.4) is 0 Å². The maximum Gasteiger partial charge on any atom is 0.224 e. The average molecular weight is 184 g/mol. The maximum atomic E-state index is 11.5. The first kappa shape index (κ1) is 10.5. The van der Waals surface area contributed by atoms with E-state index in [0.717, 1.165) is 38.9 Å². The summed E-state index contributed by atoms with van der Waals surface area (Å²) in [6, 6.07) is 0. The molecule has 76 valence electrons. The molecule has 0 aromatic heterocycles. The minimum Gasteiger partial charge on any atom is -0.356 e. The molecule has 1 rings (SSSR count). The van der Waals surface area contributed by atoms with E-state index in [1.165, 1.54) is 6.42 Å². The number of carbonyl (C=O) groups excluding carboxylic acids is 1. The molecule has 1 aliphatic heterocycles. The third-order valence-electron chi connectivity index (χ3n) is 2.47. The van der Waals surface area contributed by atoms with Gasteiger partial charge < -0.3 is 10.6 Å². The number of nitrogens with one attached hydrogen (secondary N) is 2. The van der Waals surface area contributed by atoms with Crippen molar-refractivity contribution in [2.45, 2.75) is 32.6 Å². The van der Waals surface area contributed by atoms with E-state index in [1.807, 2.05) is 0 Å². The Morgan fingerprint density at radius 1 is 1.54 bits per heavy atom. The van der Waals surface area contributed by atoms with Gasteiger partial charge in [-0.05, 0) is 25.8 Å². The molecule has 0 aliphatic carbocycles. The highest BCUT2D eigenvalue weighted by Crippen LogP contribution is 2.11. The van der Waals surface area contributed by atoms with E-state index in [1.54, 1.807) is 0 Å². The van der Waals surface area contributed by atoms with E-state index in [2.05, 4.69) is 17.6 Å². The Morgan fingerprint density at radius 3 is 3.15 bits per heavy atom. The summed E-state index contributed by atoms with van der Waals surface area (Å²) in [6.45, 7) is 4.87. The smallest absolute Gasteiger partial charge is 0.224 e. The molecule has 0 aromatic carbocycles. The fourth-order valence-electron chi connectivity index (χ4n) is 1.65. The second-order valence-electron chi connectivity index (χ2n) is 3.69. The Bertz CT molecular complexity index is 159. The number of hydrogen-bond donors (Lipinski definition) is 2. The maximum absolute atomic E-state index is 11.5. The van der Waals surface area contributed by atoms with Gasteiger partial charge in [0.15, 0.2) is 0 Å². The van der Waals surface area contributed by atoms with Crippen molar-refractivity contribution in [1.82, 2.24) is 10.6 Å². The summed E-state index contributed by atoms with van der Waals surface area (Å²) in [4.78, 5) is 11.5. The van der Waals surface area contributed by atoms with Gasteiger partial charge in [-0.25, -0.2) is 0 Å². The molecule has 3 heteroatoms. The lowest BCUT2D eigenvalue weighted by molar-refractivity contribution is -0.124. The molecule has 1 atom stereocenters. The molecule has 0 bridgehead atoms. The molecule has 0 saturated carbocycles. The topological polar surface area (TPSA) is 41.1 Å². The van der Waals surface area contributed by atoms with Gasteiger partial charge in [-0.1, -0.05) is 13.3 Å². The molecule has 1 unspecified atom stereocenters. The number of rotatable bonds is 4. The first-order chi connectivity index (χ1) is 6.34. The summed E-state index contributed by atoms with van der Waals surface area (Å²) < 4.78 is 0. The first-order valence-corrected chi connectivity index (χ1v) is 5.33. The van der Waals surface area contributed by atoms with Crippen molar-refractivity contribution in [2.75, 3.05) is 19.6 Å². The van der Waals surface area contributed by atoms with Gasteiger partial charge in [-0.15, -0.1) is 0 Å². The molecular weight excluding hydrogens is 164 g/mol. The molecule has 1 aliphatic rings. The predicted octanol–water partition coefficient (Wildman–Crippen LogP) is 0.902. The van der Waals surface area contributed by atoms with E-state index < -0.39 is 0 Å². The molecule has 0 aromatic rings. The minimum atomic E-state index is 0.203. The van der Waals surface area contributed by atoms with Crippen LogP contribution in [0.4, 0.5) is 0 Å². The summed E-state index contributed by atoms with van der Waals surface area (Å²) in [7, 11) is 0. The number of hydrogen-bond acceptors (Lipinski definition) is 2. The van der Waals surface area contributed by atoms with Crippen molar-refractivity contribution in [3.8, 4) is 0 Å². The van der Waals surface area contributed by atoms with Gasteiger partial charge in [-0.2, -0.15) is 0 Å². The summed E-state index contributed by atoms with van der Waals surface area (Å²) >= 11 is 0. The second kappa shape index (κ2) is 5.97. The van der Waals surface area contributed by atoms with Crippen molar-refractivity contribution in [2.24, 2.45) is 5.92 Å². The van der Waals surface area contributed by atoms with Crippen LogP contribution in [0, 0.1) is 5.92 Å². The summed E-state index contributed by atoms with van der Waals surface area (Å²) in [5, 5.41) is 6.24. The molecule has 0 spiro atoms. The highest BCUT2D eigenvalue weighted by atomic mass is 16.1. The third kappa shape index (κ3) is 3.77. The van der Waals surface area contributed by atoms with Gasteiger partial charge in [-0.3, -0.25) is 4.79 Å². The van der Waals surface area contributed by atoms with Crippen LogP contribution < -0.4 is 10.6 Å². The highest BCUT2D eigenvalue weighted by molar-refractivity contribution is 5.79. The highest BCUT2D eigenvalue weighted by Gasteiger charge is 2.19. The van der Waals surface area contributed by atoms with E-state index >= 15 is 0 Å². The molecule has 13 heavy (non-hydrogen) atoms. The molecular formula is C10H20N2O. The van der Waals surface area contributed by atoms with Crippen molar-refractivity contribution < 1.29 is 4.79 Å². The lowest BCUT2D eigenvalue weighted by Gasteiger charge is -2.13. The van der Waals surface area contributed by atoms with Gasteiger partial charge in [0.1, 0.15) is 0 Å². The summed E-state index contributed by atoms with van der Waals surface area (Å²) in [6.07, 6.45) is 4.49. The minimum absolute atomic E-state index is 0.203. The van der Waals surface area contributed by atoms with E-state index in [-0.39, 0.29) is 11.8 Å². The van der Waals surface area contributed by atoms with Crippen molar-refractivity contribution in [3.63, 3.8) is 0 Å². The van der Waals surface area contributed by atoms with Crippen molar-refractivity contribution >= 4 is 5.91 Å². The Kier molecular flexibility index (Phi) is 4.83. The van der Waals surface area contributed by atoms with Gasteiger partial charge in [0, 0.05) is 13.1 Å². The Morgan fingerprint density at radius 2 is 2.38 bits per heavy atom. The van der Waals surface area contributed by atoms with Crippen LogP contribution in [0.2, 0.25) is 0 Å². The van der Waals surface area contributed by atoms with Crippen LogP contribution >= 0.6 is 0 Å². The molecule has 1 saturated heterocycles. The average Bonchev–Trinajstić information content (AvgIpc) is 2.32. The molecule has 1 fully saturated rings. The largest absolute Gasteiger partial charge is 0.356 e. The quantitative estimate of drug-likeness (QED) is 0.637.